The van der Waals surface area contributed by atoms with Crippen LogP contribution in [-0.2, 0) is 15.9 Å². The number of halogens is 1. The van der Waals surface area contributed by atoms with Crippen LogP contribution in [0.25, 0.3) is 0 Å². The van der Waals surface area contributed by atoms with Crippen LogP contribution in [0, 0.1) is 0 Å². The van der Waals surface area contributed by atoms with E-state index in [4.69, 9.17) is 15.2 Å². The number of ether oxygens (including phenoxy) is 2. The van der Waals surface area contributed by atoms with Gasteiger partial charge in [0, 0.05) is 10.5 Å². The fourth-order valence-electron chi connectivity index (χ4n) is 1.82. The molecule has 0 spiro atoms. The summed E-state index contributed by atoms with van der Waals surface area (Å²) in [5.74, 6) is 0. The molecule has 1 aromatic carbocycles. The SMILES string of the molecule is NC(Cc1cccc(Br)c1)C1COCCO1. The van der Waals surface area contributed by atoms with Gasteiger partial charge in [-0.15, -0.1) is 0 Å². The van der Waals surface area contributed by atoms with E-state index in [2.05, 4.69) is 28.1 Å². The molecule has 0 saturated carbocycles. The van der Waals surface area contributed by atoms with E-state index in [0.717, 1.165) is 10.9 Å². The van der Waals surface area contributed by atoms with Crippen LogP contribution < -0.4 is 5.73 Å². The molecule has 2 N–H and O–H groups in total. The smallest absolute Gasteiger partial charge is 0.0963 e. The average Bonchev–Trinajstić information content (AvgIpc) is 2.30. The van der Waals surface area contributed by atoms with Gasteiger partial charge in [-0.2, -0.15) is 0 Å². The normalized spacial score (nSPS) is 23.0. The first kappa shape index (κ1) is 12.0. The zero-order chi connectivity index (χ0) is 11.4. The number of hydrogen-bond donors (Lipinski definition) is 1. The third-order valence-electron chi connectivity index (χ3n) is 2.68. The minimum absolute atomic E-state index is 0.00500. The molecule has 4 heteroatoms. The summed E-state index contributed by atoms with van der Waals surface area (Å²) in [5.41, 5.74) is 7.33. The molecule has 2 rings (SSSR count). The third-order valence-corrected chi connectivity index (χ3v) is 3.17. The van der Waals surface area contributed by atoms with Gasteiger partial charge in [-0.05, 0) is 24.1 Å². The van der Waals surface area contributed by atoms with Crippen molar-refractivity contribution in [3.8, 4) is 0 Å². The van der Waals surface area contributed by atoms with Crippen molar-refractivity contribution in [1.82, 2.24) is 0 Å². The number of nitrogens with two attached hydrogens (primary N) is 1. The Morgan fingerprint density at radius 2 is 2.31 bits per heavy atom. The molecule has 1 heterocycles. The van der Waals surface area contributed by atoms with Crippen molar-refractivity contribution in [2.45, 2.75) is 18.6 Å². The van der Waals surface area contributed by atoms with Crippen LogP contribution in [0.1, 0.15) is 5.56 Å². The Labute approximate surface area is 104 Å². The molecular formula is C12H16BrNO2. The second-order valence-electron chi connectivity index (χ2n) is 3.98. The first-order valence-electron chi connectivity index (χ1n) is 5.45. The van der Waals surface area contributed by atoms with Gasteiger partial charge >= 0.3 is 0 Å². The summed E-state index contributed by atoms with van der Waals surface area (Å²) < 4.78 is 12.0. The van der Waals surface area contributed by atoms with Crippen molar-refractivity contribution in [3.05, 3.63) is 34.3 Å². The van der Waals surface area contributed by atoms with Crippen LogP contribution >= 0.6 is 15.9 Å². The molecule has 1 aliphatic heterocycles. The Balaban J connectivity index is 1.93. The lowest BCUT2D eigenvalue weighted by Crippen LogP contribution is -2.44. The van der Waals surface area contributed by atoms with Gasteiger partial charge in [0.1, 0.15) is 0 Å². The highest BCUT2D eigenvalue weighted by atomic mass is 79.9. The van der Waals surface area contributed by atoms with Gasteiger partial charge in [-0.3, -0.25) is 0 Å². The molecular weight excluding hydrogens is 270 g/mol. The maximum Gasteiger partial charge on any atom is 0.0963 e. The van der Waals surface area contributed by atoms with E-state index >= 15 is 0 Å². The number of hydrogen-bond acceptors (Lipinski definition) is 3. The molecule has 1 saturated heterocycles. The molecule has 16 heavy (non-hydrogen) atoms. The molecule has 1 fully saturated rings. The van der Waals surface area contributed by atoms with Crippen LogP contribution in [0.3, 0.4) is 0 Å². The predicted octanol–water partition coefficient (Wildman–Crippen LogP) is 1.73. The highest BCUT2D eigenvalue weighted by Gasteiger charge is 2.21. The Hall–Kier alpha value is -0.420. The van der Waals surface area contributed by atoms with E-state index in [9.17, 15) is 0 Å². The highest BCUT2D eigenvalue weighted by molar-refractivity contribution is 9.10. The maximum atomic E-state index is 6.11. The Morgan fingerprint density at radius 3 is 3.00 bits per heavy atom. The quantitative estimate of drug-likeness (QED) is 0.920. The van der Waals surface area contributed by atoms with Gasteiger partial charge < -0.3 is 15.2 Å². The molecule has 0 aliphatic carbocycles. The molecule has 0 bridgehead atoms. The van der Waals surface area contributed by atoms with Crippen molar-refractivity contribution in [3.63, 3.8) is 0 Å². The second-order valence-corrected chi connectivity index (χ2v) is 4.90. The molecule has 1 aliphatic rings. The minimum Gasteiger partial charge on any atom is -0.376 e. The Bertz CT molecular complexity index is 340. The lowest BCUT2D eigenvalue weighted by atomic mass is 10.0. The minimum atomic E-state index is -0.00500. The third kappa shape index (κ3) is 3.28. The van der Waals surface area contributed by atoms with Gasteiger partial charge in [-0.25, -0.2) is 0 Å². The monoisotopic (exact) mass is 285 g/mol. The topological polar surface area (TPSA) is 44.5 Å². The largest absolute Gasteiger partial charge is 0.376 e. The van der Waals surface area contributed by atoms with Gasteiger partial charge in [-0.1, -0.05) is 28.1 Å². The van der Waals surface area contributed by atoms with E-state index in [1.54, 1.807) is 0 Å². The van der Waals surface area contributed by atoms with Crippen LogP contribution in [0.4, 0.5) is 0 Å². The van der Waals surface area contributed by atoms with Crippen molar-refractivity contribution in [1.29, 1.82) is 0 Å². The summed E-state index contributed by atoms with van der Waals surface area (Å²) in [6.07, 6.45) is 0.834. The average molecular weight is 286 g/mol. The summed E-state index contributed by atoms with van der Waals surface area (Å²) in [6.45, 7) is 1.94. The Kier molecular flexibility index (Phi) is 4.35. The second kappa shape index (κ2) is 5.77. The van der Waals surface area contributed by atoms with Crippen LogP contribution in [0.5, 0.6) is 0 Å². The zero-order valence-electron chi connectivity index (χ0n) is 9.06. The summed E-state index contributed by atoms with van der Waals surface area (Å²) in [6, 6.07) is 8.19. The molecule has 2 unspecified atom stereocenters. The molecule has 0 amide bonds. The van der Waals surface area contributed by atoms with Gasteiger partial charge in [0.05, 0.1) is 25.9 Å². The van der Waals surface area contributed by atoms with Crippen LogP contribution in [0.2, 0.25) is 0 Å². The molecule has 0 radical (unpaired) electrons. The molecule has 0 aromatic heterocycles. The van der Waals surface area contributed by atoms with Crippen molar-refractivity contribution in [2.24, 2.45) is 5.73 Å². The van der Waals surface area contributed by atoms with Gasteiger partial charge in [0.2, 0.25) is 0 Å². The lowest BCUT2D eigenvalue weighted by Gasteiger charge is -2.28. The van der Waals surface area contributed by atoms with E-state index < -0.39 is 0 Å². The molecule has 2 atom stereocenters. The fourth-order valence-corrected chi connectivity index (χ4v) is 2.27. The number of benzene rings is 1. The van der Waals surface area contributed by atoms with Crippen molar-refractivity contribution in [2.75, 3.05) is 19.8 Å². The standard InChI is InChI=1S/C12H16BrNO2/c13-10-3-1-2-9(6-10)7-11(14)12-8-15-4-5-16-12/h1-3,6,11-12H,4-5,7-8,14H2. The van der Waals surface area contributed by atoms with E-state index in [1.165, 1.54) is 5.56 Å². The van der Waals surface area contributed by atoms with Crippen LogP contribution in [0.15, 0.2) is 28.7 Å². The summed E-state index contributed by atoms with van der Waals surface area (Å²) in [4.78, 5) is 0. The lowest BCUT2D eigenvalue weighted by molar-refractivity contribution is -0.0967. The zero-order valence-corrected chi connectivity index (χ0v) is 10.7. The summed E-state index contributed by atoms with van der Waals surface area (Å²) >= 11 is 3.45. The predicted molar refractivity (Wildman–Crippen MR) is 66.4 cm³/mol. The highest BCUT2D eigenvalue weighted by Crippen LogP contribution is 2.15. The summed E-state index contributed by atoms with van der Waals surface area (Å²) in [5, 5.41) is 0. The first-order valence-corrected chi connectivity index (χ1v) is 6.24. The molecule has 3 nitrogen and oxygen atoms in total. The van der Waals surface area contributed by atoms with Crippen molar-refractivity contribution < 1.29 is 9.47 Å². The maximum absolute atomic E-state index is 6.11. The van der Waals surface area contributed by atoms with Gasteiger partial charge in [0.15, 0.2) is 0 Å². The van der Waals surface area contributed by atoms with Crippen LogP contribution in [-0.4, -0.2) is 32.0 Å². The molecule has 1 aromatic rings. The van der Waals surface area contributed by atoms with Crippen molar-refractivity contribution >= 4 is 15.9 Å². The van der Waals surface area contributed by atoms with E-state index in [-0.39, 0.29) is 12.1 Å². The summed E-state index contributed by atoms with van der Waals surface area (Å²) in [7, 11) is 0. The van der Waals surface area contributed by atoms with Gasteiger partial charge in [0.25, 0.3) is 0 Å². The van der Waals surface area contributed by atoms with E-state index in [0.29, 0.717) is 19.8 Å². The fraction of sp³-hybridized carbons (Fsp3) is 0.500. The van der Waals surface area contributed by atoms with E-state index in [1.807, 2.05) is 12.1 Å². The molecule has 88 valence electrons. The first-order chi connectivity index (χ1) is 7.75. The number of rotatable bonds is 3. The Morgan fingerprint density at radius 1 is 1.44 bits per heavy atom.